The van der Waals surface area contributed by atoms with E-state index in [-0.39, 0.29) is 16.8 Å². The van der Waals surface area contributed by atoms with E-state index in [4.69, 9.17) is 0 Å². The Bertz CT molecular complexity index is 1280. The van der Waals surface area contributed by atoms with Gasteiger partial charge in [-0.1, -0.05) is 78.9 Å². The first kappa shape index (κ1) is 21.5. The Morgan fingerprint density at radius 2 is 1.09 bits per heavy atom. The molecule has 2 nitrogen and oxygen atoms in total. The monoisotopic (exact) mass is 441 g/mol. The molecule has 0 aliphatic carbocycles. The predicted octanol–water partition coefficient (Wildman–Crippen LogP) is 6.83. The van der Waals surface area contributed by atoms with Crippen molar-refractivity contribution in [1.29, 1.82) is 0 Å². The Labute approximate surface area is 180 Å². The van der Waals surface area contributed by atoms with Crippen LogP contribution in [-0.2, 0) is 5.92 Å². The number of aromatic nitrogens is 1. The predicted molar refractivity (Wildman–Crippen MR) is 113 cm³/mol. The molecule has 0 aliphatic heterocycles. The number of pyridine rings is 1. The van der Waals surface area contributed by atoms with Gasteiger partial charge >= 0.3 is 12.1 Å². The van der Waals surface area contributed by atoms with E-state index in [9.17, 15) is 26.7 Å². The first-order chi connectivity index (χ1) is 15.2. The molecule has 0 N–H and O–H groups in total. The van der Waals surface area contributed by atoms with Gasteiger partial charge < -0.3 is 0 Å². The highest BCUT2D eigenvalue weighted by atomic mass is 19.4. The van der Waals surface area contributed by atoms with Crippen LogP contribution in [0.25, 0.3) is 27.9 Å². The van der Waals surface area contributed by atoms with Gasteiger partial charge in [-0.05, 0) is 34.9 Å². The molecule has 0 bridgehead atoms. The number of halogens is 5. The highest BCUT2D eigenvalue weighted by Gasteiger charge is 2.60. The number of hydrogen-bond donors (Lipinski definition) is 0. The maximum absolute atomic E-state index is 14.7. The van der Waals surface area contributed by atoms with Gasteiger partial charge in [0, 0.05) is 5.69 Å². The molecule has 0 atom stereocenters. The van der Waals surface area contributed by atoms with Crippen molar-refractivity contribution in [2.75, 3.05) is 0 Å². The van der Waals surface area contributed by atoms with Crippen LogP contribution in [0.3, 0.4) is 0 Å². The van der Waals surface area contributed by atoms with Crippen LogP contribution in [0, 0.1) is 0 Å². The maximum Gasteiger partial charge on any atom is 0.459 e. The molecule has 3 aromatic carbocycles. The van der Waals surface area contributed by atoms with E-state index in [1.54, 1.807) is 66.7 Å². The smallest absolute Gasteiger partial charge is 0.274 e. The van der Waals surface area contributed by atoms with Gasteiger partial charge in [0.25, 0.3) is 5.56 Å². The highest BCUT2D eigenvalue weighted by molar-refractivity contribution is 5.83. The van der Waals surface area contributed by atoms with Crippen LogP contribution >= 0.6 is 0 Å². The fraction of sp³-hybridized carbons (Fsp3) is 0.0800. The maximum atomic E-state index is 14.7. The van der Waals surface area contributed by atoms with Gasteiger partial charge in [0.2, 0.25) is 0 Å². The first-order valence-corrected chi connectivity index (χ1v) is 9.63. The van der Waals surface area contributed by atoms with E-state index >= 15 is 0 Å². The van der Waals surface area contributed by atoms with Gasteiger partial charge in [-0.15, -0.1) is 0 Å². The van der Waals surface area contributed by atoms with Crippen LogP contribution in [-0.4, -0.2) is 10.7 Å². The topological polar surface area (TPSA) is 22.0 Å². The summed E-state index contributed by atoms with van der Waals surface area (Å²) >= 11 is 0. The second kappa shape index (κ2) is 8.07. The Hall–Kier alpha value is -3.74. The first-order valence-electron chi connectivity index (χ1n) is 9.63. The molecule has 0 spiro atoms. The summed E-state index contributed by atoms with van der Waals surface area (Å²) in [6, 6.07) is 24.2. The van der Waals surface area contributed by atoms with E-state index in [1.807, 2.05) is 0 Å². The summed E-state index contributed by atoms with van der Waals surface area (Å²) in [7, 11) is 0. The molecule has 162 valence electrons. The van der Waals surface area contributed by atoms with E-state index < -0.39 is 23.4 Å². The summed E-state index contributed by atoms with van der Waals surface area (Å²) < 4.78 is 70.2. The molecular weight excluding hydrogens is 425 g/mol. The molecule has 32 heavy (non-hydrogen) atoms. The molecule has 0 saturated carbocycles. The summed E-state index contributed by atoms with van der Waals surface area (Å²) in [4.78, 5) is 13.6. The minimum Gasteiger partial charge on any atom is -0.274 e. The number of nitrogens with zero attached hydrogens (tertiary/aromatic N) is 1. The van der Waals surface area contributed by atoms with Crippen molar-refractivity contribution < 1.29 is 22.0 Å². The second-order valence-corrected chi connectivity index (χ2v) is 7.10. The van der Waals surface area contributed by atoms with E-state index in [2.05, 4.69) is 0 Å². The molecule has 1 heterocycles. The van der Waals surface area contributed by atoms with Gasteiger partial charge in [-0.2, -0.15) is 22.0 Å². The van der Waals surface area contributed by atoms with Gasteiger partial charge in [-0.3, -0.25) is 9.36 Å². The van der Waals surface area contributed by atoms with E-state index in [0.717, 1.165) is 6.07 Å². The Morgan fingerprint density at radius 1 is 0.625 bits per heavy atom. The van der Waals surface area contributed by atoms with Crippen molar-refractivity contribution in [2.24, 2.45) is 0 Å². The molecule has 0 amide bonds. The van der Waals surface area contributed by atoms with E-state index in [1.165, 1.54) is 24.3 Å². The van der Waals surface area contributed by atoms with E-state index in [0.29, 0.717) is 15.7 Å². The van der Waals surface area contributed by atoms with Gasteiger partial charge in [0.05, 0.1) is 5.56 Å². The lowest BCUT2D eigenvalue weighted by Gasteiger charge is -2.25. The second-order valence-electron chi connectivity index (χ2n) is 7.10. The number of para-hydroxylation sites is 1. The molecule has 0 unspecified atom stereocenters. The SMILES string of the molecule is O=c1c(-c2ccccc2)c(-c2ccccc2)cc(C(F)(F)C(F)(F)F)n1-c1ccccc1. The summed E-state index contributed by atoms with van der Waals surface area (Å²) in [6.45, 7) is 0. The normalized spacial score (nSPS) is 12.0. The minimum absolute atomic E-state index is 0.00657. The summed E-state index contributed by atoms with van der Waals surface area (Å²) in [6.07, 6.45) is -5.89. The Balaban J connectivity index is 2.18. The molecule has 4 aromatic rings. The third-order valence-corrected chi connectivity index (χ3v) is 5.05. The zero-order chi connectivity index (χ0) is 22.9. The average molecular weight is 441 g/mol. The lowest BCUT2D eigenvalue weighted by atomic mass is 9.94. The van der Waals surface area contributed by atoms with Crippen LogP contribution in [0.15, 0.2) is 102 Å². The molecule has 0 aliphatic rings. The zero-order valence-corrected chi connectivity index (χ0v) is 16.5. The Morgan fingerprint density at radius 3 is 1.59 bits per heavy atom. The van der Waals surface area contributed by atoms with Crippen molar-refractivity contribution in [3.05, 3.63) is 113 Å². The minimum atomic E-state index is -5.89. The molecule has 0 radical (unpaired) electrons. The van der Waals surface area contributed by atoms with Crippen LogP contribution < -0.4 is 5.56 Å². The van der Waals surface area contributed by atoms with Crippen molar-refractivity contribution in [2.45, 2.75) is 12.1 Å². The van der Waals surface area contributed by atoms with Crippen molar-refractivity contribution >= 4 is 0 Å². The third-order valence-electron chi connectivity index (χ3n) is 5.05. The van der Waals surface area contributed by atoms with Crippen LogP contribution in [0.4, 0.5) is 22.0 Å². The zero-order valence-electron chi connectivity index (χ0n) is 16.5. The van der Waals surface area contributed by atoms with Crippen molar-refractivity contribution in [1.82, 2.24) is 4.57 Å². The third kappa shape index (κ3) is 3.70. The summed E-state index contributed by atoms with van der Waals surface area (Å²) in [5, 5.41) is 0. The lowest BCUT2D eigenvalue weighted by molar-refractivity contribution is -0.291. The summed E-state index contributed by atoms with van der Waals surface area (Å²) in [5.41, 5.74) is -1.73. The average Bonchev–Trinajstić information content (AvgIpc) is 2.79. The largest absolute Gasteiger partial charge is 0.459 e. The number of rotatable bonds is 4. The van der Waals surface area contributed by atoms with Crippen LogP contribution in [0.2, 0.25) is 0 Å². The molecule has 4 rings (SSSR count). The lowest BCUT2D eigenvalue weighted by Crippen LogP contribution is -2.39. The quantitative estimate of drug-likeness (QED) is 0.318. The van der Waals surface area contributed by atoms with Crippen LogP contribution in [0.5, 0.6) is 0 Å². The summed E-state index contributed by atoms with van der Waals surface area (Å²) in [5.74, 6) is -5.26. The Kier molecular flexibility index (Phi) is 5.42. The molecule has 0 saturated heterocycles. The molecule has 7 heteroatoms. The molecule has 0 fully saturated rings. The van der Waals surface area contributed by atoms with Crippen LogP contribution in [0.1, 0.15) is 5.69 Å². The fourth-order valence-electron chi connectivity index (χ4n) is 3.55. The highest BCUT2D eigenvalue weighted by Crippen LogP contribution is 2.45. The fourth-order valence-corrected chi connectivity index (χ4v) is 3.55. The number of hydrogen-bond acceptors (Lipinski definition) is 1. The number of benzene rings is 3. The molecular formula is C25H16F5NO. The van der Waals surface area contributed by atoms with Gasteiger partial charge in [-0.25, -0.2) is 0 Å². The molecule has 1 aromatic heterocycles. The number of alkyl halides is 5. The van der Waals surface area contributed by atoms with Gasteiger partial charge in [0.15, 0.2) is 0 Å². The van der Waals surface area contributed by atoms with Gasteiger partial charge in [0.1, 0.15) is 5.69 Å². The van der Waals surface area contributed by atoms with Crippen molar-refractivity contribution in [3.63, 3.8) is 0 Å². The standard InChI is InChI=1S/C25H16F5NO/c26-24(27,25(28,29)30)21-16-20(17-10-4-1-5-11-17)22(18-12-6-2-7-13-18)23(32)31(21)19-14-8-3-9-15-19/h1-16H. The van der Waals surface area contributed by atoms with Crippen molar-refractivity contribution in [3.8, 4) is 27.9 Å².